The summed E-state index contributed by atoms with van der Waals surface area (Å²) in [6.45, 7) is -0.123. The fraction of sp³-hybridized carbons (Fsp3) is 0.188. The third kappa shape index (κ3) is 3.55. The maximum Gasteiger partial charge on any atom is 0.346 e. The summed E-state index contributed by atoms with van der Waals surface area (Å²) in [6, 6.07) is 10.3. The number of sulfonamides is 1. The van der Waals surface area contributed by atoms with Crippen LogP contribution in [0.5, 0.6) is 0 Å². The Morgan fingerprint density at radius 2 is 1.88 bits per heavy atom. The zero-order chi connectivity index (χ0) is 18.7. The van der Waals surface area contributed by atoms with Gasteiger partial charge in [-0.2, -0.15) is 0 Å². The van der Waals surface area contributed by atoms with Crippen molar-refractivity contribution in [2.45, 2.75) is 11.4 Å². The molecule has 0 aliphatic heterocycles. The van der Waals surface area contributed by atoms with E-state index in [2.05, 4.69) is 14.8 Å². The van der Waals surface area contributed by atoms with E-state index in [1.165, 1.54) is 22.8 Å². The van der Waals surface area contributed by atoms with Crippen molar-refractivity contribution in [2.24, 2.45) is 7.05 Å². The van der Waals surface area contributed by atoms with Crippen LogP contribution in [-0.2, 0) is 23.6 Å². The van der Waals surface area contributed by atoms with Gasteiger partial charge >= 0.3 is 5.69 Å². The number of rotatable bonds is 6. The van der Waals surface area contributed by atoms with Gasteiger partial charge < -0.3 is 0 Å². The molecule has 0 saturated carbocycles. The second-order valence-electron chi connectivity index (χ2n) is 5.43. The third-order valence-electron chi connectivity index (χ3n) is 3.68. The Morgan fingerprint density at radius 1 is 1.15 bits per heavy atom. The Kier molecular flexibility index (Phi) is 4.96. The first-order valence-electron chi connectivity index (χ1n) is 7.69. The van der Waals surface area contributed by atoms with E-state index < -0.39 is 26.4 Å². The quantitative estimate of drug-likeness (QED) is 0.684. The minimum Gasteiger partial charge on any atom is -0.277 e. The van der Waals surface area contributed by atoms with Gasteiger partial charge in [0.25, 0.3) is 0 Å². The zero-order valence-electron chi connectivity index (χ0n) is 13.8. The second-order valence-corrected chi connectivity index (χ2v) is 7.17. The molecule has 8 nitrogen and oxygen atoms in total. The number of nitrogens with zero attached hydrogens (tertiary/aromatic N) is 4. The van der Waals surface area contributed by atoms with E-state index in [1.54, 1.807) is 31.4 Å². The van der Waals surface area contributed by atoms with Gasteiger partial charge in [0.15, 0.2) is 5.82 Å². The number of pyridine rings is 1. The molecule has 1 N–H and O–H groups in total. The summed E-state index contributed by atoms with van der Waals surface area (Å²) in [5.74, 6) is -0.472. The molecule has 0 spiro atoms. The van der Waals surface area contributed by atoms with Crippen LogP contribution in [0, 0.1) is 5.82 Å². The lowest BCUT2D eigenvalue weighted by Gasteiger charge is -2.07. The van der Waals surface area contributed by atoms with Crippen LogP contribution in [0.3, 0.4) is 0 Å². The van der Waals surface area contributed by atoms with E-state index in [0.717, 1.165) is 10.7 Å². The predicted molar refractivity (Wildman–Crippen MR) is 92.3 cm³/mol. The van der Waals surface area contributed by atoms with Gasteiger partial charge in [0.05, 0.1) is 6.54 Å². The topological polar surface area (TPSA) is 98.9 Å². The van der Waals surface area contributed by atoms with E-state index in [4.69, 9.17) is 0 Å². The lowest BCUT2D eigenvalue weighted by Crippen LogP contribution is -2.32. The lowest BCUT2D eigenvalue weighted by molar-refractivity contribution is 0.539. The number of aromatic nitrogens is 4. The molecule has 0 fully saturated rings. The molecule has 0 atom stereocenters. The van der Waals surface area contributed by atoms with Crippen molar-refractivity contribution in [3.8, 4) is 11.5 Å². The molecule has 3 aromatic rings. The highest BCUT2D eigenvalue weighted by molar-refractivity contribution is 7.89. The number of nitrogens with one attached hydrogen (secondary N) is 1. The summed E-state index contributed by atoms with van der Waals surface area (Å²) in [7, 11) is -2.46. The van der Waals surface area contributed by atoms with Crippen LogP contribution in [0.2, 0.25) is 0 Å². The van der Waals surface area contributed by atoms with Crippen molar-refractivity contribution in [2.75, 3.05) is 6.54 Å². The van der Waals surface area contributed by atoms with Gasteiger partial charge in [-0.25, -0.2) is 27.0 Å². The summed E-state index contributed by atoms with van der Waals surface area (Å²) in [5, 5.41) is 4.19. The number of hydrogen-bond donors (Lipinski definition) is 1. The van der Waals surface area contributed by atoms with Crippen LogP contribution < -0.4 is 10.4 Å². The van der Waals surface area contributed by atoms with Gasteiger partial charge in [-0.1, -0.05) is 18.2 Å². The number of halogens is 1. The van der Waals surface area contributed by atoms with Crippen LogP contribution in [0.1, 0.15) is 0 Å². The molecule has 0 aliphatic carbocycles. The van der Waals surface area contributed by atoms with Crippen LogP contribution in [0.25, 0.3) is 11.5 Å². The first-order chi connectivity index (χ1) is 12.4. The Hall–Kier alpha value is -2.85. The van der Waals surface area contributed by atoms with Gasteiger partial charge in [-0.15, -0.1) is 5.10 Å². The van der Waals surface area contributed by atoms with Crippen molar-refractivity contribution >= 4 is 10.0 Å². The highest BCUT2D eigenvalue weighted by atomic mass is 32.2. The largest absolute Gasteiger partial charge is 0.346 e. The first kappa shape index (κ1) is 18.0. The molecular weight excluding hydrogens is 361 g/mol. The molecule has 0 saturated heterocycles. The summed E-state index contributed by atoms with van der Waals surface area (Å²) in [4.78, 5) is 15.9. The molecular formula is C16H16FN5O3S. The fourth-order valence-electron chi connectivity index (χ4n) is 2.38. The molecule has 3 rings (SSSR count). The molecule has 2 heterocycles. The second kappa shape index (κ2) is 7.18. The van der Waals surface area contributed by atoms with E-state index in [1.807, 2.05) is 0 Å². The average molecular weight is 377 g/mol. The summed E-state index contributed by atoms with van der Waals surface area (Å²) in [5.41, 5.74) is 0.119. The molecule has 10 heteroatoms. The van der Waals surface area contributed by atoms with Gasteiger partial charge in [-0.3, -0.25) is 9.55 Å². The minimum atomic E-state index is -4.02. The average Bonchev–Trinajstić information content (AvgIpc) is 2.91. The molecule has 0 radical (unpaired) electrons. The molecule has 0 unspecified atom stereocenters. The summed E-state index contributed by atoms with van der Waals surface area (Å²) >= 11 is 0. The highest BCUT2D eigenvalue weighted by Gasteiger charge is 2.18. The summed E-state index contributed by atoms with van der Waals surface area (Å²) in [6.07, 6.45) is 1.58. The Morgan fingerprint density at radius 3 is 2.58 bits per heavy atom. The molecule has 26 heavy (non-hydrogen) atoms. The van der Waals surface area contributed by atoms with Crippen molar-refractivity contribution in [3.05, 3.63) is 65.0 Å². The van der Waals surface area contributed by atoms with Crippen LogP contribution in [0.15, 0.2) is 58.4 Å². The molecule has 136 valence electrons. The highest BCUT2D eigenvalue weighted by Crippen LogP contribution is 2.13. The van der Waals surface area contributed by atoms with E-state index in [-0.39, 0.29) is 13.1 Å². The summed E-state index contributed by atoms with van der Waals surface area (Å²) < 4.78 is 42.7. The Balaban J connectivity index is 1.75. The minimum absolute atomic E-state index is 0.00676. The lowest BCUT2D eigenvalue weighted by atomic mass is 10.3. The molecule has 0 bridgehead atoms. The zero-order valence-corrected chi connectivity index (χ0v) is 14.6. The normalized spacial score (nSPS) is 11.6. The number of benzene rings is 1. The molecule has 2 aromatic heterocycles. The van der Waals surface area contributed by atoms with Gasteiger partial charge in [0.2, 0.25) is 10.0 Å². The molecule has 1 aromatic carbocycles. The Labute approximate surface area is 149 Å². The fourth-order valence-corrected chi connectivity index (χ4v) is 3.48. The maximum absolute atomic E-state index is 13.6. The third-order valence-corrected chi connectivity index (χ3v) is 5.17. The van der Waals surface area contributed by atoms with Crippen LogP contribution in [0.4, 0.5) is 4.39 Å². The van der Waals surface area contributed by atoms with Crippen molar-refractivity contribution < 1.29 is 12.8 Å². The molecule has 0 aliphatic rings. The van der Waals surface area contributed by atoms with Gasteiger partial charge in [-0.05, 0) is 24.3 Å². The van der Waals surface area contributed by atoms with Crippen molar-refractivity contribution in [1.29, 1.82) is 0 Å². The van der Waals surface area contributed by atoms with Crippen LogP contribution >= 0.6 is 0 Å². The first-order valence-corrected chi connectivity index (χ1v) is 9.18. The van der Waals surface area contributed by atoms with E-state index >= 15 is 0 Å². The number of hydrogen-bond acceptors (Lipinski definition) is 5. The van der Waals surface area contributed by atoms with Gasteiger partial charge in [0.1, 0.15) is 16.4 Å². The predicted octanol–water partition coefficient (Wildman–Crippen LogP) is 0.761. The molecule has 0 amide bonds. The van der Waals surface area contributed by atoms with E-state index in [9.17, 15) is 17.6 Å². The van der Waals surface area contributed by atoms with Crippen molar-refractivity contribution in [3.63, 3.8) is 0 Å². The standard InChI is InChI=1S/C16H16FN5O3S/c1-21-15(13-7-4-5-9-18-13)20-22(16(21)23)11-10-19-26(24,25)14-8-3-2-6-12(14)17/h2-9,19H,10-11H2,1H3. The monoisotopic (exact) mass is 377 g/mol. The van der Waals surface area contributed by atoms with E-state index in [0.29, 0.717) is 11.5 Å². The van der Waals surface area contributed by atoms with Crippen LogP contribution in [-0.4, -0.2) is 34.3 Å². The van der Waals surface area contributed by atoms with Crippen molar-refractivity contribution in [1.82, 2.24) is 24.1 Å². The maximum atomic E-state index is 13.6. The smallest absolute Gasteiger partial charge is 0.277 e. The SMILES string of the molecule is Cn1c(-c2ccccn2)nn(CCNS(=O)(=O)c2ccccc2F)c1=O. The Bertz CT molecular complexity index is 1080. The van der Waals surface area contributed by atoms with Gasteiger partial charge in [0, 0.05) is 19.8 Å².